The number of nitrogens with one attached hydrogen (secondary N) is 3. The lowest BCUT2D eigenvalue weighted by molar-refractivity contribution is 0.0888. The maximum absolute atomic E-state index is 13.3. The summed E-state index contributed by atoms with van der Waals surface area (Å²) in [7, 11) is 0. The van der Waals surface area contributed by atoms with Crippen molar-refractivity contribution < 1.29 is 9.59 Å². The minimum atomic E-state index is -0.513. The Hall–Kier alpha value is -3.29. The van der Waals surface area contributed by atoms with E-state index >= 15 is 0 Å². The molecule has 1 aliphatic heterocycles. The van der Waals surface area contributed by atoms with Crippen LogP contribution in [0.2, 0.25) is 0 Å². The molecule has 7 heteroatoms. The van der Waals surface area contributed by atoms with Gasteiger partial charge in [-0.1, -0.05) is 99.1 Å². The number of unbranched alkanes of at least 4 members (excludes halogenated alkanes) is 1. The third-order valence-electron chi connectivity index (χ3n) is 7.60. The highest BCUT2D eigenvalue weighted by molar-refractivity contribution is 8.00. The summed E-state index contributed by atoms with van der Waals surface area (Å²) in [4.78, 5) is 28.8. The lowest BCUT2D eigenvalue weighted by atomic mass is 9.88. The lowest BCUT2D eigenvalue weighted by Crippen LogP contribution is -2.64. The maximum atomic E-state index is 13.3. The number of piperidine rings is 1. The van der Waals surface area contributed by atoms with Gasteiger partial charge in [0.15, 0.2) is 0 Å². The zero-order valence-corrected chi connectivity index (χ0v) is 24.5. The molecule has 3 N–H and O–H groups in total. The normalized spacial score (nSPS) is 15.8. The van der Waals surface area contributed by atoms with E-state index in [2.05, 4.69) is 95.4 Å². The molecule has 1 fully saturated rings. The van der Waals surface area contributed by atoms with Crippen LogP contribution < -0.4 is 16.0 Å². The number of amides is 3. The Morgan fingerprint density at radius 1 is 0.825 bits per heavy atom. The molecular formula is C33H42N4O2S. The van der Waals surface area contributed by atoms with Gasteiger partial charge >= 0.3 is 6.03 Å². The van der Waals surface area contributed by atoms with Gasteiger partial charge in [0.05, 0.1) is 10.8 Å². The summed E-state index contributed by atoms with van der Waals surface area (Å²) in [5.74, 6) is 0.710. The van der Waals surface area contributed by atoms with Gasteiger partial charge in [-0.15, -0.1) is 0 Å². The number of hydrogen-bond donors (Lipinski definition) is 3. The molecule has 0 radical (unpaired) electrons. The molecule has 6 nitrogen and oxygen atoms in total. The highest BCUT2D eigenvalue weighted by Gasteiger charge is 2.44. The number of thioether (sulfide) groups is 1. The van der Waals surface area contributed by atoms with E-state index in [1.807, 2.05) is 30.0 Å². The summed E-state index contributed by atoms with van der Waals surface area (Å²) in [5.41, 5.74) is 3.13. The molecule has 1 atom stereocenters. The van der Waals surface area contributed by atoms with Crippen LogP contribution in [-0.2, 0) is 0 Å². The van der Waals surface area contributed by atoms with Crippen molar-refractivity contribution in [3.63, 3.8) is 0 Å². The van der Waals surface area contributed by atoms with Crippen LogP contribution in [0, 0.1) is 0 Å². The van der Waals surface area contributed by atoms with E-state index < -0.39 is 6.17 Å². The molecule has 0 spiro atoms. The third kappa shape index (κ3) is 7.67. The van der Waals surface area contributed by atoms with E-state index in [1.54, 1.807) is 12.1 Å². The predicted molar refractivity (Wildman–Crippen MR) is 166 cm³/mol. The van der Waals surface area contributed by atoms with Crippen molar-refractivity contribution in [1.82, 2.24) is 20.9 Å². The Balaban J connectivity index is 1.58. The second kappa shape index (κ2) is 14.9. The van der Waals surface area contributed by atoms with Gasteiger partial charge in [-0.2, -0.15) is 11.8 Å². The molecule has 1 heterocycles. The Morgan fingerprint density at radius 2 is 1.38 bits per heavy atom. The number of carbonyl (C=O) groups excluding carboxylic acids is 2. The molecule has 212 valence electrons. The Bertz CT molecular complexity index is 1150. The molecule has 1 aliphatic rings. The average Bonchev–Trinajstić information content (AvgIpc) is 3.00. The highest BCUT2D eigenvalue weighted by Crippen LogP contribution is 2.42. The van der Waals surface area contributed by atoms with E-state index in [9.17, 15) is 9.59 Å². The first-order valence-corrected chi connectivity index (χ1v) is 15.4. The topological polar surface area (TPSA) is 73.5 Å². The maximum Gasteiger partial charge on any atom is 0.316 e. The van der Waals surface area contributed by atoms with E-state index in [4.69, 9.17) is 0 Å². The summed E-state index contributed by atoms with van der Waals surface area (Å²) in [6.07, 6.45) is 3.07. The Morgan fingerprint density at radius 3 is 1.90 bits per heavy atom. The number of urea groups is 1. The fourth-order valence-corrected chi connectivity index (χ4v) is 6.84. The van der Waals surface area contributed by atoms with Crippen molar-refractivity contribution >= 4 is 23.7 Å². The number of benzene rings is 3. The fourth-order valence-electron chi connectivity index (χ4n) is 5.51. The first-order valence-electron chi connectivity index (χ1n) is 14.4. The molecule has 3 amide bonds. The zero-order chi connectivity index (χ0) is 28.2. The van der Waals surface area contributed by atoms with E-state index in [-0.39, 0.29) is 22.7 Å². The SMILES string of the molecule is CCCCNC(=O)NC(NC(=O)c1ccccc1)C1(SCC)CCN(C(c2ccccc2)c2ccccc2)CC1. The van der Waals surface area contributed by atoms with E-state index in [0.29, 0.717) is 12.1 Å². The summed E-state index contributed by atoms with van der Waals surface area (Å²) < 4.78 is -0.338. The number of nitrogens with zero attached hydrogens (tertiary/aromatic N) is 1. The van der Waals surface area contributed by atoms with Gasteiger partial charge < -0.3 is 16.0 Å². The van der Waals surface area contributed by atoms with Crippen LogP contribution in [0.5, 0.6) is 0 Å². The van der Waals surface area contributed by atoms with Crippen LogP contribution in [0.25, 0.3) is 0 Å². The summed E-state index contributed by atoms with van der Waals surface area (Å²) in [6.45, 7) is 6.55. The summed E-state index contributed by atoms with van der Waals surface area (Å²) >= 11 is 1.84. The molecule has 3 aromatic rings. The van der Waals surface area contributed by atoms with E-state index in [1.165, 1.54) is 11.1 Å². The number of rotatable bonds is 12. The van der Waals surface area contributed by atoms with Crippen molar-refractivity contribution in [3.8, 4) is 0 Å². The number of likely N-dealkylation sites (tertiary alicyclic amines) is 1. The molecule has 0 aromatic heterocycles. The second-order valence-corrected chi connectivity index (χ2v) is 12.0. The summed E-state index contributed by atoms with van der Waals surface area (Å²) in [6, 6.07) is 30.4. The standard InChI is InChI=1S/C33H42N4O2S/c1-3-5-23-34-32(39)36-31(35-30(38)28-19-13-8-14-20-28)33(40-4-2)21-24-37(25-22-33)29(26-15-9-6-10-16-26)27-17-11-7-12-18-27/h6-20,29,31H,3-5,21-25H2,1-2H3,(H,35,38)(H2,34,36,39). The van der Waals surface area contributed by atoms with Gasteiger partial charge in [-0.25, -0.2) is 4.79 Å². The Labute approximate surface area is 243 Å². The van der Waals surface area contributed by atoms with Gasteiger partial charge in [0.2, 0.25) is 0 Å². The van der Waals surface area contributed by atoms with Crippen LogP contribution in [-0.4, -0.2) is 53.1 Å². The van der Waals surface area contributed by atoms with Crippen molar-refractivity contribution in [1.29, 1.82) is 0 Å². The average molecular weight is 559 g/mol. The molecule has 0 saturated carbocycles. The monoisotopic (exact) mass is 558 g/mol. The predicted octanol–water partition coefficient (Wildman–Crippen LogP) is 6.22. The van der Waals surface area contributed by atoms with Crippen LogP contribution in [0.4, 0.5) is 4.79 Å². The van der Waals surface area contributed by atoms with Crippen molar-refractivity contribution in [2.75, 3.05) is 25.4 Å². The number of hydrogen-bond acceptors (Lipinski definition) is 4. The first-order chi connectivity index (χ1) is 19.6. The minimum absolute atomic E-state index is 0.148. The highest BCUT2D eigenvalue weighted by atomic mass is 32.2. The van der Waals surface area contributed by atoms with Gasteiger partial charge in [-0.05, 0) is 48.3 Å². The molecule has 1 saturated heterocycles. The van der Waals surface area contributed by atoms with Crippen LogP contribution in [0.15, 0.2) is 91.0 Å². The van der Waals surface area contributed by atoms with Crippen molar-refractivity contribution in [2.45, 2.75) is 56.5 Å². The largest absolute Gasteiger partial charge is 0.338 e. The fraction of sp³-hybridized carbons (Fsp3) is 0.394. The molecule has 1 unspecified atom stereocenters. The van der Waals surface area contributed by atoms with Crippen molar-refractivity contribution in [2.24, 2.45) is 0 Å². The number of carbonyl (C=O) groups is 2. The van der Waals surface area contributed by atoms with Gasteiger partial charge in [0, 0.05) is 25.2 Å². The van der Waals surface area contributed by atoms with E-state index in [0.717, 1.165) is 44.5 Å². The van der Waals surface area contributed by atoms with Gasteiger partial charge in [0.1, 0.15) is 6.17 Å². The van der Waals surface area contributed by atoms with Gasteiger partial charge in [0.25, 0.3) is 5.91 Å². The quantitative estimate of drug-likeness (QED) is 0.182. The van der Waals surface area contributed by atoms with Gasteiger partial charge in [-0.3, -0.25) is 9.69 Å². The molecule has 4 rings (SSSR count). The second-order valence-electron chi connectivity index (χ2n) is 10.3. The molecule has 40 heavy (non-hydrogen) atoms. The molecule has 0 aliphatic carbocycles. The lowest BCUT2D eigenvalue weighted by Gasteiger charge is -2.48. The first kappa shape index (κ1) is 29.7. The van der Waals surface area contributed by atoms with Crippen LogP contribution >= 0.6 is 11.8 Å². The minimum Gasteiger partial charge on any atom is -0.338 e. The van der Waals surface area contributed by atoms with Crippen LogP contribution in [0.1, 0.15) is 67.1 Å². The van der Waals surface area contributed by atoms with Crippen molar-refractivity contribution in [3.05, 3.63) is 108 Å². The molecular weight excluding hydrogens is 516 g/mol. The zero-order valence-electron chi connectivity index (χ0n) is 23.6. The molecule has 3 aromatic carbocycles. The Kier molecular flexibility index (Phi) is 11.1. The smallest absolute Gasteiger partial charge is 0.316 e. The van der Waals surface area contributed by atoms with Crippen LogP contribution in [0.3, 0.4) is 0 Å². The molecule has 0 bridgehead atoms. The third-order valence-corrected chi connectivity index (χ3v) is 9.11. The summed E-state index contributed by atoms with van der Waals surface area (Å²) in [5, 5.41) is 9.34.